The molecule has 4 heteroatoms. The third-order valence-electron chi connectivity index (χ3n) is 8.49. The number of nitrogens with zero attached hydrogens (tertiary/aromatic N) is 1. The first-order chi connectivity index (χ1) is 17.5. The third kappa shape index (κ3) is 7.91. The molecule has 1 saturated carbocycles. The van der Waals surface area contributed by atoms with Gasteiger partial charge in [-0.1, -0.05) is 80.9 Å². The molecule has 2 fully saturated rings. The normalized spacial score (nSPS) is 24.2. The molecule has 196 valence electrons. The second-order valence-corrected chi connectivity index (χ2v) is 11.8. The van der Waals surface area contributed by atoms with E-state index in [1.165, 1.54) is 56.3 Å². The van der Waals surface area contributed by atoms with Gasteiger partial charge in [0.05, 0.1) is 0 Å². The number of aryl methyl sites for hydroxylation is 1. The molecular weight excluding hydrogens is 444 g/mol. The highest BCUT2D eigenvalue weighted by molar-refractivity contribution is 5.73. The molecule has 2 aromatic carbocycles. The minimum absolute atomic E-state index is 0.274. The van der Waals surface area contributed by atoms with Crippen molar-refractivity contribution in [2.24, 2.45) is 17.8 Å². The Morgan fingerprint density at radius 1 is 1.00 bits per heavy atom. The van der Waals surface area contributed by atoms with Crippen molar-refractivity contribution in [2.45, 2.75) is 83.2 Å². The molecule has 4 nitrogen and oxygen atoms in total. The number of piperidine rings is 1. The Morgan fingerprint density at radius 2 is 1.67 bits per heavy atom. The van der Waals surface area contributed by atoms with Crippen LogP contribution in [0.5, 0.6) is 0 Å². The lowest BCUT2D eigenvalue weighted by atomic mass is 9.87. The molecule has 0 amide bonds. The Bertz CT molecular complexity index is 908. The average molecular weight is 491 g/mol. The zero-order valence-electron chi connectivity index (χ0n) is 22.3. The minimum atomic E-state index is -0.710. The van der Waals surface area contributed by atoms with Gasteiger partial charge in [0.2, 0.25) is 0 Å². The van der Waals surface area contributed by atoms with Gasteiger partial charge < -0.3 is 15.3 Å². The van der Waals surface area contributed by atoms with E-state index in [2.05, 4.69) is 84.7 Å². The molecule has 0 bridgehead atoms. The van der Waals surface area contributed by atoms with Crippen molar-refractivity contribution < 1.29 is 9.90 Å². The van der Waals surface area contributed by atoms with Gasteiger partial charge in [-0.25, -0.2) is 0 Å². The summed E-state index contributed by atoms with van der Waals surface area (Å²) < 4.78 is 0. The summed E-state index contributed by atoms with van der Waals surface area (Å²) in [4.78, 5) is 14.6. The number of carboxylic acid groups (broad SMARTS) is 1. The van der Waals surface area contributed by atoms with Gasteiger partial charge in [-0.2, -0.15) is 0 Å². The number of likely N-dealkylation sites (tertiary alicyclic amines) is 1. The van der Waals surface area contributed by atoms with Gasteiger partial charge in [0.25, 0.3) is 0 Å². The van der Waals surface area contributed by atoms with Gasteiger partial charge in [-0.3, -0.25) is 4.79 Å². The van der Waals surface area contributed by atoms with E-state index in [0.717, 1.165) is 25.3 Å². The molecule has 1 heterocycles. The van der Waals surface area contributed by atoms with E-state index < -0.39 is 12.0 Å². The Balaban J connectivity index is 1.29. The monoisotopic (exact) mass is 490 g/mol. The summed E-state index contributed by atoms with van der Waals surface area (Å²) >= 11 is 0. The zero-order valence-corrected chi connectivity index (χ0v) is 22.3. The number of carbonyl (C=O) groups is 1. The number of hydrogen-bond donors (Lipinski definition) is 2. The Kier molecular flexibility index (Phi) is 10.0. The van der Waals surface area contributed by atoms with Crippen molar-refractivity contribution >= 4 is 5.97 Å². The van der Waals surface area contributed by atoms with E-state index in [1.807, 2.05) is 0 Å². The molecule has 2 aliphatic rings. The molecule has 1 aliphatic carbocycles. The van der Waals surface area contributed by atoms with Crippen LogP contribution >= 0.6 is 0 Å². The van der Waals surface area contributed by atoms with E-state index in [4.69, 9.17) is 0 Å². The fourth-order valence-electron chi connectivity index (χ4n) is 6.60. The van der Waals surface area contributed by atoms with Crippen molar-refractivity contribution in [1.82, 2.24) is 10.2 Å². The molecule has 4 rings (SSSR count). The molecule has 2 unspecified atom stereocenters. The number of hydrogen-bond acceptors (Lipinski definition) is 3. The summed E-state index contributed by atoms with van der Waals surface area (Å²) in [6.07, 6.45) is 9.25. The van der Waals surface area contributed by atoms with Crippen LogP contribution < -0.4 is 5.32 Å². The van der Waals surface area contributed by atoms with Crippen LogP contribution in [0.3, 0.4) is 0 Å². The van der Waals surface area contributed by atoms with Crippen LogP contribution in [-0.2, 0) is 11.2 Å². The summed E-state index contributed by atoms with van der Waals surface area (Å²) in [5, 5.41) is 13.3. The first kappa shape index (κ1) is 26.9. The summed E-state index contributed by atoms with van der Waals surface area (Å²) in [7, 11) is 0. The highest BCUT2D eigenvalue weighted by Gasteiger charge is 2.38. The van der Waals surface area contributed by atoms with Gasteiger partial charge in [0, 0.05) is 12.6 Å². The van der Waals surface area contributed by atoms with Crippen LogP contribution in [0.25, 0.3) is 0 Å². The van der Waals surface area contributed by atoms with Crippen molar-refractivity contribution in [3.05, 3.63) is 71.8 Å². The summed E-state index contributed by atoms with van der Waals surface area (Å²) in [5.74, 6) is 1.60. The predicted molar refractivity (Wildman–Crippen MR) is 148 cm³/mol. The zero-order chi connectivity index (χ0) is 25.3. The molecule has 1 aliphatic heterocycles. The standard InChI is InChI=1S/C32H46N2O2/c1-24(2)20-31(32(35)36)33-29-21-28(30(22-29)27-14-7-4-8-15-27)23-34-18-16-26(17-19-34)13-9-12-25-10-5-3-6-11-25/h3-8,10-11,14-15,24,26,28-31,33H,9,12-13,16-23H2,1-2H3,(H,35,36)/t28-,29?,30-,31?/m1/s1. The number of nitrogens with one attached hydrogen (secondary N) is 1. The van der Waals surface area contributed by atoms with Crippen molar-refractivity contribution in [3.8, 4) is 0 Å². The quantitative estimate of drug-likeness (QED) is 0.363. The van der Waals surface area contributed by atoms with Crippen LogP contribution in [0, 0.1) is 17.8 Å². The van der Waals surface area contributed by atoms with Gasteiger partial charge in [-0.15, -0.1) is 0 Å². The number of carboxylic acids is 1. The average Bonchev–Trinajstić information content (AvgIpc) is 3.27. The second-order valence-electron chi connectivity index (χ2n) is 11.8. The number of rotatable bonds is 12. The largest absolute Gasteiger partial charge is 0.480 e. The van der Waals surface area contributed by atoms with Gasteiger partial charge in [-0.05, 0) is 92.8 Å². The first-order valence-electron chi connectivity index (χ1n) is 14.3. The molecule has 0 spiro atoms. The van der Waals surface area contributed by atoms with Gasteiger partial charge >= 0.3 is 5.97 Å². The maximum absolute atomic E-state index is 11.9. The van der Waals surface area contributed by atoms with E-state index in [9.17, 15) is 9.90 Å². The molecule has 4 atom stereocenters. The topological polar surface area (TPSA) is 52.6 Å². The Labute approximate surface area is 218 Å². The van der Waals surface area contributed by atoms with E-state index >= 15 is 0 Å². The Morgan fingerprint density at radius 3 is 2.31 bits per heavy atom. The lowest BCUT2D eigenvalue weighted by Crippen LogP contribution is -2.43. The van der Waals surface area contributed by atoms with Crippen LogP contribution in [0.1, 0.15) is 75.8 Å². The highest BCUT2D eigenvalue weighted by Crippen LogP contribution is 2.41. The number of aliphatic carboxylic acids is 1. The first-order valence-corrected chi connectivity index (χ1v) is 14.3. The molecule has 0 aromatic heterocycles. The summed E-state index contributed by atoms with van der Waals surface area (Å²) in [6, 6.07) is 21.6. The van der Waals surface area contributed by atoms with Crippen molar-refractivity contribution in [2.75, 3.05) is 19.6 Å². The SMILES string of the molecule is CC(C)CC(NC1C[C@H](CN2CCC(CCCc3ccccc3)CC2)[C@@H](c2ccccc2)C1)C(=O)O. The lowest BCUT2D eigenvalue weighted by Gasteiger charge is -2.35. The van der Waals surface area contributed by atoms with E-state index in [1.54, 1.807) is 0 Å². The van der Waals surface area contributed by atoms with Gasteiger partial charge in [0.15, 0.2) is 0 Å². The highest BCUT2D eigenvalue weighted by atomic mass is 16.4. The van der Waals surface area contributed by atoms with Gasteiger partial charge in [0.1, 0.15) is 6.04 Å². The molecule has 36 heavy (non-hydrogen) atoms. The smallest absolute Gasteiger partial charge is 0.320 e. The van der Waals surface area contributed by atoms with Crippen LogP contribution in [0.2, 0.25) is 0 Å². The minimum Gasteiger partial charge on any atom is -0.480 e. The molecular formula is C32H46N2O2. The molecule has 0 radical (unpaired) electrons. The second kappa shape index (κ2) is 13.4. The fourth-order valence-corrected chi connectivity index (χ4v) is 6.60. The maximum Gasteiger partial charge on any atom is 0.320 e. The van der Waals surface area contributed by atoms with Crippen LogP contribution in [0.15, 0.2) is 60.7 Å². The van der Waals surface area contributed by atoms with Crippen molar-refractivity contribution in [1.29, 1.82) is 0 Å². The van der Waals surface area contributed by atoms with Crippen LogP contribution in [-0.4, -0.2) is 47.7 Å². The molecule has 1 saturated heterocycles. The van der Waals surface area contributed by atoms with Crippen molar-refractivity contribution in [3.63, 3.8) is 0 Å². The lowest BCUT2D eigenvalue weighted by molar-refractivity contribution is -0.140. The summed E-state index contributed by atoms with van der Waals surface area (Å²) in [5.41, 5.74) is 2.88. The predicted octanol–water partition coefficient (Wildman–Crippen LogP) is 6.37. The third-order valence-corrected chi connectivity index (χ3v) is 8.49. The number of benzene rings is 2. The van der Waals surface area contributed by atoms with Crippen LogP contribution in [0.4, 0.5) is 0 Å². The maximum atomic E-state index is 11.9. The molecule has 2 N–H and O–H groups in total. The molecule has 2 aromatic rings. The Hall–Kier alpha value is -2.17. The fraction of sp³-hybridized carbons (Fsp3) is 0.594. The van der Waals surface area contributed by atoms with E-state index in [-0.39, 0.29) is 6.04 Å². The summed E-state index contributed by atoms with van der Waals surface area (Å²) in [6.45, 7) is 7.76. The van der Waals surface area contributed by atoms with E-state index in [0.29, 0.717) is 24.2 Å².